The molecule has 0 radical (unpaired) electrons. The first-order valence-electron chi connectivity index (χ1n) is 13.2. The van der Waals surface area contributed by atoms with Gasteiger partial charge in [0.05, 0.1) is 25.1 Å². The van der Waals surface area contributed by atoms with Crippen LogP contribution in [-0.2, 0) is 17.7 Å². The van der Waals surface area contributed by atoms with Gasteiger partial charge < -0.3 is 19.9 Å². The molecule has 2 aliphatic rings. The lowest BCUT2D eigenvalue weighted by molar-refractivity contribution is 0.0536. The van der Waals surface area contributed by atoms with Crippen molar-refractivity contribution in [3.63, 3.8) is 0 Å². The normalized spacial score (nSPS) is 16.5. The molecule has 0 bridgehead atoms. The number of hydrogen-bond donors (Lipinski definition) is 3. The first-order chi connectivity index (χ1) is 19.1. The smallest absolute Gasteiger partial charge is 0.280 e. The Bertz CT molecular complexity index is 1600. The summed E-state index contributed by atoms with van der Waals surface area (Å²) in [7, 11) is 1.32. The van der Waals surface area contributed by atoms with E-state index in [1.165, 1.54) is 30.6 Å². The van der Waals surface area contributed by atoms with Gasteiger partial charge >= 0.3 is 0 Å². The second-order valence-electron chi connectivity index (χ2n) is 9.96. The largest absolute Gasteiger partial charge is 0.394 e. The third-order valence-corrected chi connectivity index (χ3v) is 7.59. The summed E-state index contributed by atoms with van der Waals surface area (Å²) in [5.74, 6) is -0.309. The van der Waals surface area contributed by atoms with Gasteiger partial charge in [0.15, 0.2) is 5.65 Å². The molecule has 1 amide bonds. The number of aromatic nitrogens is 3. The van der Waals surface area contributed by atoms with Gasteiger partial charge in [-0.2, -0.15) is 4.98 Å². The second-order valence-corrected chi connectivity index (χ2v) is 9.96. The zero-order valence-electron chi connectivity index (χ0n) is 21.7. The lowest BCUT2D eigenvalue weighted by Crippen LogP contribution is -2.31. The molecule has 10 nitrogen and oxygen atoms in total. The Hall–Kier alpha value is -4.28. The molecule has 39 heavy (non-hydrogen) atoms. The molecule has 200 valence electrons. The number of carbonyl (C=O) groups is 1. The summed E-state index contributed by atoms with van der Waals surface area (Å²) in [5.41, 5.74) is 7.34. The van der Waals surface area contributed by atoms with Crippen LogP contribution in [-0.4, -0.2) is 51.9 Å². The highest BCUT2D eigenvalue weighted by atomic mass is 16.6. The predicted molar refractivity (Wildman–Crippen MR) is 149 cm³/mol. The fourth-order valence-electron chi connectivity index (χ4n) is 5.62. The van der Waals surface area contributed by atoms with E-state index in [4.69, 9.17) is 9.82 Å². The Morgan fingerprint density at radius 2 is 1.90 bits per heavy atom. The van der Waals surface area contributed by atoms with Crippen molar-refractivity contribution in [2.24, 2.45) is 0 Å². The summed E-state index contributed by atoms with van der Waals surface area (Å²) in [5, 5.41) is 13.1. The quantitative estimate of drug-likeness (QED) is 0.314. The number of aryl methyl sites for hydroxylation is 2. The van der Waals surface area contributed by atoms with Gasteiger partial charge in [-0.15, -0.1) is 0 Å². The van der Waals surface area contributed by atoms with E-state index < -0.39 is 11.3 Å². The highest BCUT2D eigenvalue weighted by molar-refractivity contribution is 5.96. The van der Waals surface area contributed by atoms with Crippen LogP contribution in [0.1, 0.15) is 40.7 Å². The van der Waals surface area contributed by atoms with Gasteiger partial charge in [0.2, 0.25) is 11.4 Å². The average Bonchev–Trinajstić information content (AvgIpc) is 3.63. The Morgan fingerprint density at radius 3 is 2.69 bits per heavy atom. The number of carbonyl (C=O) groups excluding carboxylic acids is 1. The topological polar surface area (TPSA) is 122 Å². The molecular weight excluding hydrogens is 496 g/mol. The van der Waals surface area contributed by atoms with Gasteiger partial charge in [0.25, 0.3) is 5.91 Å². The standard InChI is InChI=1S/C29H30N6O4/c1-39-33-28(38)25-16-35(22-10-7-18-4-2-5-19(18)14-22)27-24(26(25)37)15-30-29(32-27)31-20-8-11-21(12-9-20)34-13-3-6-23(34)17-36/h7-12,14-16,23,36H,2-6,13,17H2,1H3,(H,33,38)(H,30,31,32)/t23-/m0/s1. The lowest BCUT2D eigenvalue weighted by Gasteiger charge is -2.25. The van der Waals surface area contributed by atoms with Crippen molar-refractivity contribution in [3.05, 3.63) is 81.8 Å². The summed E-state index contributed by atoms with van der Waals surface area (Å²) in [6, 6.07) is 14.2. The van der Waals surface area contributed by atoms with Gasteiger partial charge in [-0.25, -0.2) is 10.5 Å². The number of rotatable bonds is 7. The number of nitrogens with zero attached hydrogens (tertiary/aromatic N) is 4. The zero-order chi connectivity index (χ0) is 26.9. The maximum absolute atomic E-state index is 13.2. The third kappa shape index (κ3) is 4.73. The van der Waals surface area contributed by atoms with Crippen LogP contribution in [0.15, 0.2) is 59.7 Å². The maximum atomic E-state index is 13.2. The first kappa shape index (κ1) is 25.0. The molecule has 3 N–H and O–H groups in total. The van der Waals surface area contributed by atoms with E-state index in [9.17, 15) is 14.7 Å². The van der Waals surface area contributed by atoms with E-state index in [1.807, 2.05) is 30.3 Å². The van der Waals surface area contributed by atoms with Gasteiger partial charge in [-0.1, -0.05) is 6.07 Å². The molecule has 2 aromatic heterocycles. The molecule has 4 aromatic rings. The van der Waals surface area contributed by atoms with Crippen LogP contribution in [0.3, 0.4) is 0 Å². The Balaban J connectivity index is 1.38. The number of benzene rings is 2. The minimum Gasteiger partial charge on any atom is -0.394 e. The highest BCUT2D eigenvalue weighted by Crippen LogP contribution is 2.28. The number of aliphatic hydroxyl groups is 1. The van der Waals surface area contributed by atoms with Crippen LogP contribution >= 0.6 is 0 Å². The van der Waals surface area contributed by atoms with Crippen molar-refractivity contribution in [1.29, 1.82) is 0 Å². The van der Waals surface area contributed by atoms with E-state index >= 15 is 0 Å². The molecule has 0 unspecified atom stereocenters. The Morgan fingerprint density at radius 1 is 1.10 bits per heavy atom. The molecule has 1 saturated heterocycles. The fourth-order valence-corrected chi connectivity index (χ4v) is 5.62. The number of amides is 1. The zero-order valence-corrected chi connectivity index (χ0v) is 21.7. The van der Waals surface area contributed by atoms with Crippen LogP contribution in [0, 0.1) is 0 Å². The van der Waals surface area contributed by atoms with Gasteiger partial charge in [-0.3, -0.25) is 14.4 Å². The van der Waals surface area contributed by atoms with Crippen molar-refractivity contribution in [1.82, 2.24) is 20.0 Å². The second kappa shape index (κ2) is 10.5. The monoisotopic (exact) mass is 526 g/mol. The summed E-state index contributed by atoms with van der Waals surface area (Å²) in [6.07, 6.45) is 8.17. The molecule has 1 aliphatic heterocycles. The van der Waals surface area contributed by atoms with Crippen LogP contribution < -0.4 is 21.1 Å². The Labute approximate surface area is 225 Å². The molecule has 3 heterocycles. The van der Waals surface area contributed by atoms with Crippen molar-refractivity contribution >= 4 is 34.3 Å². The van der Waals surface area contributed by atoms with Crippen LogP contribution in [0.4, 0.5) is 17.3 Å². The number of nitrogens with one attached hydrogen (secondary N) is 2. The van der Waals surface area contributed by atoms with E-state index in [-0.39, 0.29) is 23.6 Å². The SMILES string of the molecule is CONC(=O)c1cn(-c2ccc3c(c2)CCC3)c2nc(Nc3ccc(N4CCC[C@H]4CO)cc3)ncc2c1=O. The van der Waals surface area contributed by atoms with E-state index in [0.29, 0.717) is 11.6 Å². The molecule has 1 atom stereocenters. The summed E-state index contributed by atoms with van der Waals surface area (Å²) in [6.45, 7) is 1.07. The molecule has 6 rings (SSSR count). The molecule has 0 saturated carbocycles. The number of anilines is 3. The molecule has 2 aromatic carbocycles. The van der Waals surface area contributed by atoms with E-state index in [2.05, 4.69) is 32.8 Å². The van der Waals surface area contributed by atoms with Gasteiger partial charge in [0.1, 0.15) is 5.56 Å². The number of aliphatic hydroxyl groups excluding tert-OH is 1. The fraction of sp³-hybridized carbons (Fsp3) is 0.310. The van der Waals surface area contributed by atoms with Crippen molar-refractivity contribution in [2.75, 3.05) is 30.5 Å². The van der Waals surface area contributed by atoms with Crippen LogP contribution in [0.2, 0.25) is 0 Å². The molecule has 10 heteroatoms. The number of fused-ring (bicyclic) bond motifs is 2. The van der Waals surface area contributed by atoms with Crippen molar-refractivity contribution < 1.29 is 14.7 Å². The minimum absolute atomic E-state index is 0.0622. The summed E-state index contributed by atoms with van der Waals surface area (Å²) < 4.78 is 1.76. The van der Waals surface area contributed by atoms with Gasteiger partial charge in [0, 0.05) is 36.0 Å². The summed E-state index contributed by atoms with van der Waals surface area (Å²) >= 11 is 0. The van der Waals surface area contributed by atoms with Crippen LogP contribution in [0.25, 0.3) is 16.7 Å². The third-order valence-electron chi connectivity index (χ3n) is 7.59. The number of pyridine rings is 1. The first-order valence-corrected chi connectivity index (χ1v) is 13.2. The Kier molecular flexibility index (Phi) is 6.72. The summed E-state index contributed by atoms with van der Waals surface area (Å²) in [4.78, 5) is 42.0. The predicted octanol–water partition coefficient (Wildman–Crippen LogP) is 3.27. The van der Waals surface area contributed by atoms with Crippen molar-refractivity contribution in [2.45, 2.75) is 38.1 Å². The highest BCUT2D eigenvalue weighted by Gasteiger charge is 2.24. The maximum Gasteiger partial charge on any atom is 0.280 e. The lowest BCUT2D eigenvalue weighted by atomic mass is 10.1. The van der Waals surface area contributed by atoms with E-state index in [1.54, 1.807) is 4.57 Å². The number of hydrogen-bond acceptors (Lipinski definition) is 8. The molecular formula is C29H30N6O4. The molecule has 1 fully saturated rings. The molecule has 0 spiro atoms. The van der Waals surface area contributed by atoms with Crippen LogP contribution in [0.5, 0.6) is 0 Å². The van der Waals surface area contributed by atoms with Crippen molar-refractivity contribution in [3.8, 4) is 5.69 Å². The number of hydroxylamine groups is 1. The van der Waals surface area contributed by atoms with Gasteiger partial charge in [-0.05, 0) is 79.6 Å². The average molecular weight is 527 g/mol. The minimum atomic E-state index is -0.636. The molecule has 1 aliphatic carbocycles. The van der Waals surface area contributed by atoms with E-state index in [0.717, 1.165) is 55.7 Å².